The van der Waals surface area contributed by atoms with Gasteiger partial charge in [0.2, 0.25) is 0 Å². The quantitative estimate of drug-likeness (QED) is 0.836. The molecule has 0 aromatic heterocycles. The van der Waals surface area contributed by atoms with Crippen LogP contribution in [0, 0.1) is 17.2 Å². The van der Waals surface area contributed by atoms with Crippen LogP contribution in [-0.2, 0) is 0 Å². The Balaban J connectivity index is 2.03. The highest BCUT2D eigenvalue weighted by Gasteiger charge is 2.35. The molecule has 0 amide bonds. The van der Waals surface area contributed by atoms with Crippen LogP contribution in [0.3, 0.4) is 0 Å². The fourth-order valence-electron chi connectivity index (χ4n) is 2.97. The van der Waals surface area contributed by atoms with Gasteiger partial charge in [-0.1, -0.05) is 41.8 Å². The highest BCUT2D eigenvalue weighted by atomic mass is 79.9. The first-order valence-electron chi connectivity index (χ1n) is 7.12. The maximum Gasteiger partial charge on any atom is 0.125 e. The van der Waals surface area contributed by atoms with Crippen molar-refractivity contribution in [2.24, 2.45) is 5.92 Å². The van der Waals surface area contributed by atoms with E-state index in [1.807, 2.05) is 24.3 Å². The molecule has 19 heavy (non-hydrogen) atoms. The Morgan fingerprint density at radius 1 is 1.42 bits per heavy atom. The lowest BCUT2D eigenvalue weighted by molar-refractivity contribution is 0.282. The maximum atomic E-state index is 9.56. The second-order valence-electron chi connectivity index (χ2n) is 5.56. The van der Waals surface area contributed by atoms with Crippen molar-refractivity contribution >= 4 is 21.6 Å². The number of hydrogen-bond acceptors (Lipinski definition) is 2. The van der Waals surface area contributed by atoms with E-state index in [0.29, 0.717) is 0 Å². The molecule has 1 fully saturated rings. The molecular weight excluding hydrogens is 300 g/mol. The van der Waals surface area contributed by atoms with Crippen LogP contribution in [0.2, 0.25) is 0 Å². The number of rotatable bonds is 4. The van der Waals surface area contributed by atoms with Crippen LogP contribution in [0.5, 0.6) is 0 Å². The number of anilines is 1. The summed E-state index contributed by atoms with van der Waals surface area (Å²) in [5.74, 6) is 0.816. The third kappa shape index (κ3) is 3.73. The predicted octanol–water partition coefficient (Wildman–Crippen LogP) is 5.11. The van der Waals surface area contributed by atoms with Crippen LogP contribution in [0.15, 0.2) is 28.7 Å². The molecule has 1 N–H and O–H groups in total. The van der Waals surface area contributed by atoms with Gasteiger partial charge in [0.05, 0.1) is 6.07 Å². The molecule has 1 aliphatic carbocycles. The summed E-state index contributed by atoms with van der Waals surface area (Å²) in [5, 5.41) is 13.0. The first-order valence-corrected chi connectivity index (χ1v) is 7.92. The molecule has 0 atom stereocenters. The van der Waals surface area contributed by atoms with Gasteiger partial charge < -0.3 is 5.32 Å². The number of nitrogens with one attached hydrogen (secondary N) is 1. The van der Waals surface area contributed by atoms with Crippen molar-refractivity contribution in [1.82, 2.24) is 0 Å². The van der Waals surface area contributed by atoms with E-state index in [2.05, 4.69) is 34.2 Å². The van der Waals surface area contributed by atoms with Gasteiger partial charge in [-0.2, -0.15) is 5.26 Å². The molecular formula is C16H21BrN2. The number of benzene rings is 1. The van der Waals surface area contributed by atoms with Crippen molar-refractivity contribution < 1.29 is 0 Å². The zero-order chi connectivity index (χ0) is 13.7. The summed E-state index contributed by atoms with van der Waals surface area (Å²) in [4.78, 5) is 0. The van der Waals surface area contributed by atoms with Crippen molar-refractivity contribution in [2.75, 3.05) is 5.32 Å². The van der Waals surface area contributed by atoms with Crippen LogP contribution in [0.1, 0.15) is 45.4 Å². The smallest absolute Gasteiger partial charge is 0.125 e. The molecule has 0 unspecified atom stereocenters. The van der Waals surface area contributed by atoms with Gasteiger partial charge in [0, 0.05) is 10.2 Å². The van der Waals surface area contributed by atoms with E-state index < -0.39 is 0 Å². The van der Waals surface area contributed by atoms with Crippen molar-refractivity contribution in [3.63, 3.8) is 0 Å². The first-order chi connectivity index (χ1) is 9.17. The van der Waals surface area contributed by atoms with Crippen LogP contribution in [0.4, 0.5) is 5.69 Å². The Morgan fingerprint density at radius 3 is 2.74 bits per heavy atom. The first kappa shape index (κ1) is 14.4. The van der Waals surface area contributed by atoms with Gasteiger partial charge in [-0.3, -0.25) is 0 Å². The lowest BCUT2D eigenvalue weighted by atomic mass is 9.75. The molecule has 1 aliphatic rings. The van der Waals surface area contributed by atoms with Crippen LogP contribution in [-0.4, -0.2) is 5.54 Å². The van der Waals surface area contributed by atoms with Gasteiger partial charge in [-0.15, -0.1) is 0 Å². The summed E-state index contributed by atoms with van der Waals surface area (Å²) < 4.78 is 1.05. The van der Waals surface area contributed by atoms with Gasteiger partial charge in [0.25, 0.3) is 0 Å². The molecule has 0 radical (unpaired) electrons. The van der Waals surface area contributed by atoms with E-state index in [0.717, 1.165) is 28.9 Å². The Morgan fingerprint density at radius 2 is 2.16 bits per heavy atom. The van der Waals surface area contributed by atoms with E-state index in [1.54, 1.807) is 0 Å². The molecule has 0 spiro atoms. The summed E-state index contributed by atoms with van der Waals surface area (Å²) in [7, 11) is 0. The van der Waals surface area contributed by atoms with E-state index in [1.165, 1.54) is 25.7 Å². The third-order valence-corrected chi connectivity index (χ3v) is 4.57. The van der Waals surface area contributed by atoms with Crippen LogP contribution >= 0.6 is 15.9 Å². The summed E-state index contributed by atoms with van der Waals surface area (Å²) in [6.07, 6.45) is 6.81. The molecule has 2 nitrogen and oxygen atoms in total. The van der Waals surface area contributed by atoms with Gasteiger partial charge in [0.15, 0.2) is 0 Å². The molecule has 1 aromatic carbocycles. The topological polar surface area (TPSA) is 35.8 Å². The highest BCUT2D eigenvalue weighted by Crippen LogP contribution is 2.36. The molecule has 102 valence electrons. The Kier molecular flexibility index (Phi) is 4.87. The average molecular weight is 321 g/mol. The van der Waals surface area contributed by atoms with Crippen molar-refractivity contribution in [2.45, 2.75) is 51.0 Å². The largest absolute Gasteiger partial charge is 0.367 e. The fourth-order valence-corrected chi connectivity index (χ4v) is 3.37. The van der Waals surface area contributed by atoms with E-state index in [9.17, 15) is 5.26 Å². The molecule has 1 aromatic rings. The van der Waals surface area contributed by atoms with Gasteiger partial charge >= 0.3 is 0 Å². The third-order valence-electron chi connectivity index (χ3n) is 4.08. The SMILES string of the molecule is CCCC1CCC(C#N)(Nc2cccc(Br)c2)CC1. The number of hydrogen-bond donors (Lipinski definition) is 1. The van der Waals surface area contributed by atoms with Gasteiger partial charge in [-0.05, 0) is 49.8 Å². The summed E-state index contributed by atoms with van der Waals surface area (Å²) in [5.41, 5.74) is 0.662. The number of nitriles is 1. The standard InChI is InChI=1S/C16H21BrN2/c1-2-4-13-7-9-16(12-18,10-8-13)19-15-6-3-5-14(17)11-15/h3,5-6,11,13,19H,2,4,7-10H2,1H3. The zero-order valence-electron chi connectivity index (χ0n) is 11.5. The second kappa shape index (κ2) is 6.43. The number of nitrogens with zero attached hydrogens (tertiary/aromatic N) is 1. The Bertz CT molecular complexity index is 456. The Labute approximate surface area is 124 Å². The molecule has 3 heteroatoms. The highest BCUT2D eigenvalue weighted by molar-refractivity contribution is 9.10. The molecule has 0 saturated heterocycles. The van der Waals surface area contributed by atoms with Crippen molar-refractivity contribution in [3.8, 4) is 6.07 Å². The molecule has 0 aliphatic heterocycles. The van der Waals surface area contributed by atoms with Crippen LogP contribution < -0.4 is 5.32 Å². The summed E-state index contributed by atoms with van der Waals surface area (Å²) in [6, 6.07) is 10.6. The second-order valence-corrected chi connectivity index (χ2v) is 6.48. The van der Waals surface area contributed by atoms with E-state index in [-0.39, 0.29) is 5.54 Å². The van der Waals surface area contributed by atoms with Crippen molar-refractivity contribution in [3.05, 3.63) is 28.7 Å². The minimum Gasteiger partial charge on any atom is -0.367 e. The Hall–Kier alpha value is -1.01. The van der Waals surface area contributed by atoms with E-state index in [4.69, 9.17) is 0 Å². The molecule has 2 rings (SSSR count). The predicted molar refractivity (Wildman–Crippen MR) is 83.0 cm³/mol. The molecule has 0 bridgehead atoms. The lowest BCUT2D eigenvalue weighted by Gasteiger charge is -2.36. The van der Waals surface area contributed by atoms with Gasteiger partial charge in [0.1, 0.15) is 5.54 Å². The monoisotopic (exact) mass is 320 g/mol. The summed E-state index contributed by atoms with van der Waals surface area (Å²) in [6.45, 7) is 2.24. The zero-order valence-corrected chi connectivity index (χ0v) is 13.0. The number of halogens is 1. The minimum absolute atomic E-state index is 0.370. The minimum atomic E-state index is -0.370. The van der Waals surface area contributed by atoms with Crippen molar-refractivity contribution in [1.29, 1.82) is 5.26 Å². The molecule has 0 heterocycles. The fraction of sp³-hybridized carbons (Fsp3) is 0.562. The van der Waals surface area contributed by atoms with E-state index >= 15 is 0 Å². The normalized spacial score (nSPS) is 26.7. The lowest BCUT2D eigenvalue weighted by Crippen LogP contribution is -2.40. The van der Waals surface area contributed by atoms with Gasteiger partial charge in [-0.25, -0.2) is 0 Å². The average Bonchev–Trinajstić information content (AvgIpc) is 2.42. The maximum absolute atomic E-state index is 9.56. The van der Waals surface area contributed by atoms with Crippen LogP contribution in [0.25, 0.3) is 0 Å². The summed E-state index contributed by atoms with van der Waals surface area (Å²) >= 11 is 3.47. The molecule has 1 saturated carbocycles.